The van der Waals surface area contributed by atoms with Gasteiger partial charge >= 0.3 is 0 Å². The monoisotopic (exact) mass is 264 g/mol. The first-order valence-electron chi connectivity index (χ1n) is 5.90. The molecule has 1 amide bonds. The molecule has 0 unspecified atom stereocenters. The van der Waals surface area contributed by atoms with Crippen LogP contribution in [0.2, 0.25) is 0 Å². The number of carbonyl (C=O) groups is 1. The predicted molar refractivity (Wildman–Crippen MR) is 72.4 cm³/mol. The van der Waals surface area contributed by atoms with Gasteiger partial charge in [-0.05, 0) is 18.6 Å². The minimum Gasteiger partial charge on any atom is -0.396 e. The fourth-order valence-electron chi connectivity index (χ4n) is 1.70. The first-order valence-corrected chi connectivity index (χ1v) is 6.71. The molecular formula is C13H16N2O2S. The van der Waals surface area contributed by atoms with E-state index in [0.717, 1.165) is 15.2 Å². The summed E-state index contributed by atoms with van der Waals surface area (Å²) < 4.78 is 1.14. The number of nitrogens with zero attached hydrogens (tertiary/aromatic N) is 2. The van der Waals surface area contributed by atoms with E-state index in [2.05, 4.69) is 4.98 Å². The van der Waals surface area contributed by atoms with Crippen molar-refractivity contribution in [2.24, 2.45) is 0 Å². The smallest absolute Gasteiger partial charge is 0.222 e. The van der Waals surface area contributed by atoms with Gasteiger partial charge in [0.15, 0.2) is 0 Å². The molecule has 0 saturated heterocycles. The Kier molecular flexibility index (Phi) is 4.28. The van der Waals surface area contributed by atoms with E-state index in [1.165, 1.54) is 0 Å². The Morgan fingerprint density at radius 3 is 2.94 bits per heavy atom. The van der Waals surface area contributed by atoms with Crippen molar-refractivity contribution < 1.29 is 9.90 Å². The molecule has 96 valence electrons. The van der Waals surface area contributed by atoms with Gasteiger partial charge in [0.2, 0.25) is 5.91 Å². The van der Waals surface area contributed by atoms with E-state index in [-0.39, 0.29) is 12.5 Å². The van der Waals surface area contributed by atoms with Gasteiger partial charge in [0.25, 0.3) is 0 Å². The lowest BCUT2D eigenvalue weighted by Gasteiger charge is -2.14. The lowest BCUT2D eigenvalue weighted by atomic mass is 10.3. The van der Waals surface area contributed by atoms with Crippen LogP contribution in [0.5, 0.6) is 0 Å². The number of aliphatic hydroxyl groups excluding tert-OH is 1. The highest BCUT2D eigenvalue weighted by Gasteiger charge is 2.11. The van der Waals surface area contributed by atoms with Gasteiger partial charge < -0.3 is 10.0 Å². The van der Waals surface area contributed by atoms with Crippen molar-refractivity contribution in [2.45, 2.75) is 19.4 Å². The van der Waals surface area contributed by atoms with Crippen LogP contribution in [0.4, 0.5) is 0 Å². The van der Waals surface area contributed by atoms with Crippen LogP contribution in [0.15, 0.2) is 24.3 Å². The number of hydrogen-bond donors (Lipinski definition) is 1. The second-order valence-electron chi connectivity index (χ2n) is 4.15. The molecule has 2 aromatic rings. The summed E-state index contributed by atoms with van der Waals surface area (Å²) in [5.41, 5.74) is 0.980. The van der Waals surface area contributed by atoms with E-state index in [0.29, 0.717) is 19.4 Å². The third-order valence-electron chi connectivity index (χ3n) is 2.69. The standard InChI is InChI=1S/C13H16N2O2S/c1-15(13(17)7-4-8-16)9-12-14-10-5-2-3-6-11(10)18-12/h2-3,5-6,16H,4,7-9H2,1H3. The van der Waals surface area contributed by atoms with E-state index in [9.17, 15) is 4.79 Å². The van der Waals surface area contributed by atoms with Crippen LogP contribution in [0.25, 0.3) is 10.2 Å². The summed E-state index contributed by atoms with van der Waals surface area (Å²) in [6.07, 6.45) is 0.904. The van der Waals surface area contributed by atoms with Crippen molar-refractivity contribution in [3.05, 3.63) is 29.3 Å². The van der Waals surface area contributed by atoms with Gasteiger partial charge in [-0.25, -0.2) is 4.98 Å². The summed E-state index contributed by atoms with van der Waals surface area (Å²) in [6.45, 7) is 0.588. The third-order valence-corrected chi connectivity index (χ3v) is 3.71. The zero-order valence-corrected chi connectivity index (χ0v) is 11.1. The largest absolute Gasteiger partial charge is 0.396 e. The summed E-state index contributed by atoms with van der Waals surface area (Å²) in [4.78, 5) is 17.9. The molecule has 0 fully saturated rings. The molecule has 1 heterocycles. The van der Waals surface area contributed by atoms with E-state index >= 15 is 0 Å². The lowest BCUT2D eigenvalue weighted by molar-refractivity contribution is -0.130. The van der Waals surface area contributed by atoms with Crippen molar-refractivity contribution >= 4 is 27.5 Å². The Labute approximate surface area is 110 Å². The van der Waals surface area contributed by atoms with E-state index in [4.69, 9.17) is 5.11 Å². The average molecular weight is 264 g/mol. The van der Waals surface area contributed by atoms with Gasteiger partial charge in [-0.3, -0.25) is 4.79 Å². The fourth-order valence-corrected chi connectivity index (χ4v) is 2.72. The molecule has 1 aromatic carbocycles. The van der Waals surface area contributed by atoms with Crippen molar-refractivity contribution in [2.75, 3.05) is 13.7 Å². The van der Waals surface area contributed by atoms with Gasteiger partial charge in [0.1, 0.15) is 5.01 Å². The van der Waals surface area contributed by atoms with Gasteiger partial charge in [-0.15, -0.1) is 11.3 Å². The van der Waals surface area contributed by atoms with E-state index in [1.54, 1.807) is 23.3 Å². The second kappa shape index (κ2) is 5.93. The molecule has 0 saturated carbocycles. The normalized spacial score (nSPS) is 10.8. The first-order chi connectivity index (χ1) is 8.70. The number of benzene rings is 1. The number of amides is 1. The van der Waals surface area contributed by atoms with E-state index < -0.39 is 0 Å². The van der Waals surface area contributed by atoms with Crippen LogP contribution >= 0.6 is 11.3 Å². The third kappa shape index (κ3) is 3.05. The van der Waals surface area contributed by atoms with Crippen LogP contribution in [0.3, 0.4) is 0 Å². The molecule has 0 aliphatic heterocycles. The zero-order chi connectivity index (χ0) is 13.0. The molecule has 0 atom stereocenters. The molecule has 0 spiro atoms. The maximum absolute atomic E-state index is 11.7. The zero-order valence-electron chi connectivity index (χ0n) is 10.3. The number of rotatable bonds is 5. The summed E-state index contributed by atoms with van der Waals surface area (Å²) in [5, 5.41) is 9.64. The van der Waals surface area contributed by atoms with Crippen molar-refractivity contribution in [1.29, 1.82) is 0 Å². The molecule has 5 heteroatoms. The first kappa shape index (κ1) is 13.0. The molecule has 0 aliphatic rings. The highest BCUT2D eigenvalue weighted by atomic mass is 32.1. The van der Waals surface area contributed by atoms with Crippen molar-refractivity contribution in [1.82, 2.24) is 9.88 Å². The van der Waals surface area contributed by atoms with Crippen molar-refractivity contribution in [3.8, 4) is 0 Å². The fraction of sp³-hybridized carbons (Fsp3) is 0.385. The maximum Gasteiger partial charge on any atom is 0.222 e. The maximum atomic E-state index is 11.7. The Morgan fingerprint density at radius 1 is 1.44 bits per heavy atom. The number of para-hydroxylation sites is 1. The number of thiazole rings is 1. The minimum absolute atomic E-state index is 0.0447. The van der Waals surface area contributed by atoms with Crippen LogP contribution in [0, 0.1) is 0 Å². The SMILES string of the molecule is CN(Cc1nc2ccccc2s1)C(=O)CCCO. The number of fused-ring (bicyclic) bond motifs is 1. The predicted octanol–water partition coefficient (Wildman–Crippen LogP) is 2.03. The summed E-state index contributed by atoms with van der Waals surface area (Å²) in [7, 11) is 1.77. The molecular weight excluding hydrogens is 248 g/mol. The molecule has 0 aliphatic carbocycles. The molecule has 4 nitrogen and oxygen atoms in total. The number of aromatic nitrogens is 1. The van der Waals surface area contributed by atoms with Crippen molar-refractivity contribution in [3.63, 3.8) is 0 Å². The molecule has 2 rings (SSSR count). The summed E-state index contributed by atoms with van der Waals surface area (Å²) in [6, 6.07) is 7.95. The van der Waals surface area contributed by atoms with Crippen LogP contribution in [0.1, 0.15) is 17.8 Å². The molecule has 1 aromatic heterocycles. The Hall–Kier alpha value is -1.46. The second-order valence-corrected chi connectivity index (χ2v) is 5.27. The lowest BCUT2D eigenvalue weighted by Crippen LogP contribution is -2.25. The summed E-state index contributed by atoms with van der Waals surface area (Å²) >= 11 is 1.61. The van der Waals surface area contributed by atoms with Gasteiger partial charge in [0.05, 0.1) is 16.8 Å². The van der Waals surface area contributed by atoms with Crippen LogP contribution in [-0.2, 0) is 11.3 Å². The quantitative estimate of drug-likeness (QED) is 0.899. The Bertz CT molecular complexity index is 506. The van der Waals surface area contributed by atoms with Gasteiger partial charge in [-0.2, -0.15) is 0 Å². The topological polar surface area (TPSA) is 53.4 Å². The molecule has 1 N–H and O–H groups in total. The number of hydrogen-bond acceptors (Lipinski definition) is 4. The van der Waals surface area contributed by atoms with Crippen LogP contribution < -0.4 is 0 Å². The van der Waals surface area contributed by atoms with Gasteiger partial charge in [-0.1, -0.05) is 12.1 Å². The summed E-state index contributed by atoms with van der Waals surface area (Å²) in [5.74, 6) is 0.0447. The highest BCUT2D eigenvalue weighted by molar-refractivity contribution is 7.18. The van der Waals surface area contributed by atoms with Gasteiger partial charge in [0, 0.05) is 20.1 Å². The molecule has 18 heavy (non-hydrogen) atoms. The number of aliphatic hydroxyl groups is 1. The van der Waals surface area contributed by atoms with Crippen LogP contribution in [-0.4, -0.2) is 34.6 Å². The minimum atomic E-state index is 0.0447. The molecule has 0 radical (unpaired) electrons. The molecule has 0 bridgehead atoms. The van der Waals surface area contributed by atoms with E-state index in [1.807, 2.05) is 24.3 Å². The Balaban J connectivity index is 2.02. The number of carbonyl (C=O) groups excluding carboxylic acids is 1. The highest BCUT2D eigenvalue weighted by Crippen LogP contribution is 2.22. The Morgan fingerprint density at radius 2 is 2.22 bits per heavy atom. The average Bonchev–Trinajstić information content (AvgIpc) is 2.77.